The molecular weight excluding hydrogens is 250 g/mol. The molecule has 2 aliphatic rings. The third-order valence-electron chi connectivity index (χ3n) is 4.07. The first-order valence-corrected chi connectivity index (χ1v) is 7.04. The predicted octanol–water partition coefficient (Wildman–Crippen LogP) is 2.16. The van der Waals surface area contributed by atoms with Crippen molar-refractivity contribution in [3.63, 3.8) is 0 Å². The van der Waals surface area contributed by atoms with Crippen LogP contribution in [0.2, 0.25) is 0 Å². The Bertz CT molecular complexity index is 665. The molecule has 1 atom stereocenters. The summed E-state index contributed by atoms with van der Waals surface area (Å²) in [5.74, 6) is 1.73. The van der Waals surface area contributed by atoms with Crippen LogP contribution in [0, 0.1) is 13.8 Å². The molecule has 0 aromatic carbocycles. The molecule has 1 fully saturated rings. The Kier molecular flexibility index (Phi) is 2.42. The van der Waals surface area contributed by atoms with Crippen LogP contribution in [-0.4, -0.2) is 34.1 Å². The van der Waals surface area contributed by atoms with Crippen molar-refractivity contribution in [2.24, 2.45) is 0 Å². The smallest absolute Gasteiger partial charge is 0.163 e. The number of nitrogens with one attached hydrogen (secondary N) is 1. The standard InChI is InChI=1S/C15H17N5/c1-9-3-4-11(7-16-9)14-17-10(2)13-15(19-14)18-12-5-6-20(13)8-12/h3-4,7,12H,5-6,8H2,1-2H3,(H,17,18,19)/t12-/m0/s1. The summed E-state index contributed by atoms with van der Waals surface area (Å²) < 4.78 is 0. The van der Waals surface area contributed by atoms with E-state index in [4.69, 9.17) is 4.98 Å². The van der Waals surface area contributed by atoms with E-state index in [0.29, 0.717) is 6.04 Å². The number of fused-ring (bicyclic) bond motifs is 4. The van der Waals surface area contributed by atoms with Gasteiger partial charge in [-0.1, -0.05) is 0 Å². The number of aryl methyl sites for hydroxylation is 2. The molecule has 0 unspecified atom stereocenters. The molecular formula is C15H17N5. The number of anilines is 2. The third kappa shape index (κ3) is 1.73. The van der Waals surface area contributed by atoms with Gasteiger partial charge >= 0.3 is 0 Å². The number of pyridine rings is 1. The van der Waals surface area contributed by atoms with Gasteiger partial charge in [0, 0.05) is 36.6 Å². The van der Waals surface area contributed by atoms with Crippen molar-refractivity contribution in [1.29, 1.82) is 0 Å². The Morgan fingerprint density at radius 3 is 2.95 bits per heavy atom. The van der Waals surface area contributed by atoms with E-state index in [9.17, 15) is 0 Å². The molecule has 4 heterocycles. The molecule has 0 saturated carbocycles. The van der Waals surface area contributed by atoms with Crippen LogP contribution < -0.4 is 10.2 Å². The fourth-order valence-electron chi connectivity index (χ4n) is 3.05. The molecule has 102 valence electrons. The van der Waals surface area contributed by atoms with Crippen molar-refractivity contribution >= 4 is 11.5 Å². The maximum absolute atomic E-state index is 4.71. The minimum Gasteiger partial charge on any atom is -0.365 e. The lowest BCUT2D eigenvalue weighted by molar-refractivity contribution is 0.783. The lowest BCUT2D eigenvalue weighted by Gasteiger charge is -2.29. The van der Waals surface area contributed by atoms with Crippen LogP contribution in [0.4, 0.5) is 11.5 Å². The fraction of sp³-hybridized carbons (Fsp3) is 0.400. The normalized spacial score (nSPS) is 19.7. The Labute approximate surface area is 118 Å². The predicted molar refractivity (Wildman–Crippen MR) is 79.0 cm³/mol. The molecule has 5 heteroatoms. The van der Waals surface area contributed by atoms with Crippen molar-refractivity contribution in [2.75, 3.05) is 23.3 Å². The highest BCUT2D eigenvalue weighted by molar-refractivity contribution is 5.74. The first kappa shape index (κ1) is 11.6. The largest absolute Gasteiger partial charge is 0.365 e. The number of rotatable bonds is 1. The molecule has 0 amide bonds. The van der Waals surface area contributed by atoms with Crippen LogP contribution in [0.1, 0.15) is 17.8 Å². The highest BCUT2D eigenvalue weighted by Gasteiger charge is 2.32. The number of nitrogens with zero attached hydrogens (tertiary/aromatic N) is 4. The molecule has 2 bridgehead atoms. The van der Waals surface area contributed by atoms with Gasteiger partial charge in [0.1, 0.15) is 5.69 Å². The van der Waals surface area contributed by atoms with Gasteiger partial charge in [0.25, 0.3) is 0 Å². The Morgan fingerprint density at radius 2 is 2.15 bits per heavy atom. The van der Waals surface area contributed by atoms with E-state index in [-0.39, 0.29) is 0 Å². The van der Waals surface area contributed by atoms with Gasteiger partial charge in [-0.05, 0) is 32.4 Å². The number of hydrogen-bond acceptors (Lipinski definition) is 5. The van der Waals surface area contributed by atoms with E-state index in [0.717, 1.165) is 41.7 Å². The minimum atomic E-state index is 0.529. The topological polar surface area (TPSA) is 53.9 Å². The lowest BCUT2D eigenvalue weighted by Crippen LogP contribution is -2.33. The SMILES string of the molecule is Cc1ccc(-c2nc(C)c3c(n2)N[C@H]2CCN3C2)cn1. The van der Waals surface area contributed by atoms with Crippen LogP contribution in [0.25, 0.3) is 11.4 Å². The average Bonchev–Trinajstić information content (AvgIpc) is 2.80. The van der Waals surface area contributed by atoms with E-state index < -0.39 is 0 Å². The van der Waals surface area contributed by atoms with Gasteiger partial charge in [0.05, 0.1) is 5.69 Å². The molecule has 5 nitrogen and oxygen atoms in total. The van der Waals surface area contributed by atoms with Gasteiger partial charge in [0.15, 0.2) is 11.6 Å². The van der Waals surface area contributed by atoms with E-state index in [1.165, 1.54) is 12.1 Å². The monoisotopic (exact) mass is 267 g/mol. The zero-order chi connectivity index (χ0) is 13.7. The van der Waals surface area contributed by atoms with Gasteiger partial charge in [-0.15, -0.1) is 0 Å². The zero-order valence-electron chi connectivity index (χ0n) is 11.7. The summed E-state index contributed by atoms with van der Waals surface area (Å²) in [5.41, 5.74) is 4.18. The van der Waals surface area contributed by atoms with Gasteiger partial charge in [-0.25, -0.2) is 9.97 Å². The first-order valence-electron chi connectivity index (χ1n) is 7.04. The molecule has 2 aromatic heterocycles. The highest BCUT2D eigenvalue weighted by Crippen LogP contribution is 2.37. The Hall–Kier alpha value is -2.17. The summed E-state index contributed by atoms with van der Waals surface area (Å²) in [6.07, 6.45) is 3.02. The van der Waals surface area contributed by atoms with Crippen LogP contribution in [0.3, 0.4) is 0 Å². The number of hydrogen-bond donors (Lipinski definition) is 1. The van der Waals surface area contributed by atoms with Crippen molar-refractivity contribution in [1.82, 2.24) is 15.0 Å². The third-order valence-corrected chi connectivity index (χ3v) is 4.07. The molecule has 1 N–H and O–H groups in total. The second-order valence-electron chi connectivity index (χ2n) is 5.59. The zero-order valence-corrected chi connectivity index (χ0v) is 11.7. The van der Waals surface area contributed by atoms with Crippen molar-refractivity contribution in [3.05, 3.63) is 29.7 Å². The molecule has 2 aromatic rings. The molecule has 2 aliphatic heterocycles. The van der Waals surface area contributed by atoms with E-state index in [2.05, 4.69) is 27.1 Å². The fourth-order valence-corrected chi connectivity index (χ4v) is 3.05. The molecule has 4 rings (SSSR count). The summed E-state index contributed by atoms with van der Waals surface area (Å²) >= 11 is 0. The van der Waals surface area contributed by atoms with Gasteiger partial charge in [-0.3, -0.25) is 4.98 Å². The molecule has 0 spiro atoms. The lowest BCUT2D eigenvalue weighted by atomic mass is 10.2. The van der Waals surface area contributed by atoms with Crippen molar-refractivity contribution in [2.45, 2.75) is 26.3 Å². The maximum Gasteiger partial charge on any atom is 0.163 e. The van der Waals surface area contributed by atoms with Crippen LogP contribution in [-0.2, 0) is 0 Å². The Balaban J connectivity index is 1.82. The second-order valence-corrected chi connectivity index (χ2v) is 5.59. The Morgan fingerprint density at radius 1 is 1.25 bits per heavy atom. The summed E-state index contributed by atoms with van der Waals surface area (Å²) in [6.45, 7) is 6.21. The van der Waals surface area contributed by atoms with Gasteiger partial charge < -0.3 is 10.2 Å². The summed E-state index contributed by atoms with van der Waals surface area (Å²) in [5, 5.41) is 3.54. The van der Waals surface area contributed by atoms with E-state index >= 15 is 0 Å². The molecule has 0 radical (unpaired) electrons. The van der Waals surface area contributed by atoms with E-state index in [1.807, 2.05) is 25.3 Å². The highest BCUT2D eigenvalue weighted by atomic mass is 15.3. The van der Waals surface area contributed by atoms with Crippen molar-refractivity contribution < 1.29 is 0 Å². The van der Waals surface area contributed by atoms with Crippen LogP contribution >= 0.6 is 0 Å². The minimum absolute atomic E-state index is 0.529. The first-order chi connectivity index (χ1) is 9.70. The summed E-state index contributed by atoms with van der Waals surface area (Å²) in [4.78, 5) is 16.1. The average molecular weight is 267 g/mol. The van der Waals surface area contributed by atoms with Gasteiger partial charge in [-0.2, -0.15) is 0 Å². The maximum atomic E-state index is 4.71. The molecule has 0 aliphatic carbocycles. The van der Waals surface area contributed by atoms with Crippen LogP contribution in [0.5, 0.6) is 0 Å². The molecule has 20 heavy (non-hydrogen) atoms. The van der Waals surface area contributed by atoms with Crippen molar-refractivity contribution in [3.8, 4) is 11.4 Å². The summed E-state index contributed by atoms with van der Waals surface area (Å²) in [6, 6.07) is 4.55. The van der Waals surface area contributed by atoms with Gasteiger partial charge in [0.2, 0.25) is 0 Å². The second kappa shape index (κ2) is 4.16. The van der Waals surface area contributed by atoms with E-state index in [1.54, 1.807) is 0 Å². The molecule has 1 saturated heterocycles. The quantitative estimate of drug-likeness (QED) is 0.858. The number of aromatic nitrogens is 3. The van der Waals surface area contributed by atoms with Crippen LogP contribution in [0.15, 0.2) is 18.3 Å². The summed E-state index contributed by atoms with van der Waals surface area (Å²) in [7, 11) is 0.